The maximum Gasteiger partial charge on any atom is 0.306 e. The lowest BCUT2D eigenvalue weighted by atomic mass is 9.97. The molecule has 0 unspecified atom stereocenters. The third-order valence-electron chi connectivity index (χ3n) is 3.39. The molecule has 2 aromatic carbocycles. The number of benzene rings is 2. The van der Waals surface area contributed by atoms with E-state index < -0.39 is 0 Å². The van der Waals surface area contributed by atoms with E-state index in [1.807, 2.05) is 61.5 Å². The number of para-hydroxylation sites is 1. The fourth-order valence-corrected chi connectivity index (χ4v) is 2.23. The van der Waals surface area contributed by atoms with Crippen molar-refractivity contribution < 1.29 is 14.3 Å². The van der Waals surface area contributed by atoms with Crippen LogP contribution < -0.4 is 4.74 Å². The summed E-state index contributed by atoms with van der Waals surface area (Å²) in [6.07, 6.45) is 0.340. The van der Waals surface area contributed by atoms with Gasteiger partial charge in [0.15, 0.2) is 0 Å². The van der Waals surface area contributed by atoms with Gasteiger partial charge in [-0.2, -0.15) is 0 Å². The molecular weight excluding hydrogens is 264 g/mol. The van der Waals surface area contributed by atoms with Gasteiger partial charge in [0, 0.05) is 0 Å². The molecule has 0 N–H and O–H groups in total. The summed E-state index contributed by atoms with van der Waals surface area (Å²) in [4.78, 5) is 11.9. The molecule has 0 aliphatic heterocycles. The Kier molecular flexibility index (Phi) is 5.38. The summed E-state index contributed by atoms with van der Waals surface area (Å²) in [5.74, 6) is 0.669. The quantitative estimate of drug-likeness (QED) is 0.754. The van der Waals surface area contributed by atoms with Crippen LogP contribution in [0.15, 0.2) is 54.6 Å². The molecule has 3 nitrogen and oxygen atoms in total. The van der Waals surface area contributed by atoms with Crippen LogP contribution in [0.5, 0.6) is 5.75 Å². The van der Waals surface area contributed by atoms with Crippen LogP contribution >= 0.6 is 0 Å². The van der Waals surface area contributed by atoms with E-state index in [9.17, 15) is 4.79 Å². The first-order chi connectivity index (χ1) is 10.2. The van der Waals surface area contributed by atoms with Gasteiger partial charge in [0.2, 0.25) is 0 Å². The Morgan fingerprint density at radius 1 is 1.05 bits per heavy atom. The van der Waals surface area contributed by atoms with Crippen LogP contribution in [0.25, 0.3) is 0 Å². The van der Waals surface area contributed by atoms with E-state index in [-0.39, 0.29) is 11.9 Å². The highest BCUT2D eigenvalue weighted by Gasteiger charge is 2.15. The number of methoxy groups -OCH3 is 1. The molecule has 0 saturated carbocycles. The first-order valence-corrected chi connectivity index (χ1v) is 7.03. The highest BCUT2D eigenvalue weighted by atomic mass is 16.5. The smallest absolute Gasteiger partial charge is 0.306 e. The summed E-state index contributed by atoms with van der Waals surface area (Å²) in [6.45, 7) is 2.32. The number of ether oxygens (including phenoxy) is 2. The van der Waals surface area contributed by atoms with Crippen molar-refractivity contribution in [2.45, 2.75) is 25.9 Å². The number of esters is 1. The van der Waals surface area contributed by atoms with Crippen LogP contribution in [0.3, 0.4) is 0 Å². The van der Waals surface area contributed by atoms with Crippen LogP contribution in [0.2, 0.25) is 0 Å². The van der Waals surface area contributed by atoms with Gasteiger partial charge in [0.25, 0.3) is 0 Å². The SMILES string of the molecule is COc1ccccc1[C@H](C)CC(=O)OCc1ccccc1. The minimum Gasteiger partial charge on any atom is -0.496 e. The van der Waals surface area contributed by atoms with Crippen LogP contribution in [-0.4, -0.2) is 13.1 Å². The van der Waals surface area contributed by atoms with E-state index in [0.29, 0.717) is 13.0 Å². The lowest BCUT2D eigenvalue weighted by Gasteiger charge is -2.15. The summed E-state index contributed by atoms with van der Waals surface area (Å²) in [6, 6.07) is 17.4. The van der Waals surface area contributed by atoms with Gasteiger partial charge in [-0.15, -0.1) is 0 Å². The van der Waals surface area contributed by atoms with Crippen molar-refractivity contribution >= 4 is 5.97 Å². The van der Waals surface area contributed by atoms with Crippen molar-refractivity contribution in [1.82, 2.24) is 0 Å². The highest BCUT2D eigenvalue weighted by Crippen LogP contribution is 2.28. The lowest BCUT2D eigenvalue weighted by molar-refractivity contribution is -0.145. The Bertz CT molecular complexity index is 578. The first-order valence-electron chi connectivity index (χ1n) is 7.03. The fourth-order valence-electron chi connectivity index (χ4n) is 2.23. The minimum absolute atomic E-state index is 0.0597. The van der Waals surface area contributed by atoms with Crippen molar-refractivity contribution in [3.05, 3.63) is 65.7 Å². The second kappa shape index (κ2) is 7.48. The predicted octanol–water partition coefficient (Wildman–Crippen LogP) is 3.93. The Hall–Kier alpha value is -2.29. The summed E-state index contributed by atoms with van der Waals surface area (Å²) < 4.78 is 10.6. The molecule has 0 aliphatic carbocycles. The molecule has 0 aromatic heterocycles. The Labute approximate surface area is 125 Å². The van der Waals surface area contributed by atoms with E-state index in [4.69, 9.17) is 9.47 Å². The first kappa shape index (κ1) is 15.1. The molecule has 0 spiro atoms. The van der Waals surface area contributed by atoms with Crippen molar-refractivity contribution in [3.8, 4) is 5.75 Å². The molecule has 0 fully saturated rings. The molecular formula is C18H20O3. The zero-order valence-electron chi connectivity index (χ0n) is 12.4. The molecule has 0 aliphatic rings. The number of hydrogen-bond acceptors (Lipinski definition) is 3. The van der Waals surface area contributed by atoms with Gasteiger partial charge in [0.05, 0.1) is 13.5 Å². The normalized spacial score (nSPS) is 11.7. The van der Waals surface area contributed by atoms with Crippen LogP contribution in [0.1, 0.15) is 30.4 Å². The number of carbonyl (C=O) groups is 1. The van der Waals surface area contributed by atoms with E-state index in [2.05, 4.69) is 0 Å². The zero-order valence-corrected chi connectivity index (χ0v) is 12.4. The Morgan fingerprint density at radius 2 is 1.71 bits per heavy atom. The molecule has 0 saturated heterocycles. The van der Waals surface area contributed by atoms with Crippen molar-refractivity contribution in [1.29, 1.82) is 0 Å². The van der Waals surface area contributed by atoms with Gasteiger partial charge >= 0.3 is 5.97 Å². The maximum atomic E-state index is 11.9. The summed E-state index contributed by atoms with van der Waals surface area (Å²) in [5.41, 5.74) is 2.02. The predicted molar refractivity (Wildman–Crippen MR) is 82.3 cm³/mol. The van der Waals surface area contributed by atoms with E-state index in [1.54, 1.807) is 7.11 Å². The van der Waals surface area contributed by atoms with Crippen molar-refractivity contribution in [2.24, 2.45) is 0 Å². The monoisotopic (exact) mass is 284 g/mol. The molecule has 0 heterocycles. The third-order valence-corrected chi connectivity index (χ3v) is 3.39. The topological polar surface area (TPSA) is 35.5 Å². The van der Waals surface area contributed by atoms with Gasteiger partial charge in [-0.3, -0.25) is 4.79 Å². The summed E-state index contributed by atoms with van der Waals surface area (Å²) in [5, 5.41) is 0. The van der Waals surface area contributed by atoms with Crippen LogP contribution in [0, 0.1) is 0 Å². The van der Waals surface area contributed by atoms with Gasteiger partial charge < -0.3 is 9.47 Å². The molecule has 21 heavy (non-hydrogen) atoms. The van der Waals surface area contributed by atoms with Gasteiger partial charge in [-0.05, 0) is 23.1 Å². The second-order valence-electron chi connectivity index (χ2n) is 4.99. The van der Waals surface area contributed by atoms with Crippen LogP contribution in [-0.2, 0) is 16.1 Å². The third kappa shape index (κ3) is 4.35. The average molecular weight is 284 g/mol. The van der Waals surface area contributed by atoms with E-state index >= 15 is 0 Å². The van der Waals surface area contributed by atoms with Crippen LogP contribution in [0.4, 0.5) is 0 Å². The molecule has 0 bridgehead atoms. The van der Waals surface area contributed by atoms with E-state index in [0.717, 1.165) is 16.9 Å². The van der Waals surface area contributed by atoms with Crippen molar-refractivity contribution in [3.63, 3.8) is 0 Å². The molecule has 0 radical (unpaired) electrons. The lowest BCUT2D eigenvalue weighted by Crippen LogP contribution is -2.09. The molecule has 2 aromatic rings. The number of carbonyl (C=O) groups excluding carboxylic acids is 1. The molecule has 3 heteroatoms. The standard InChI is InChI=1S/C18H20O3/c1-14(16-10-6-7-11-17(16)20-2)12-18(19)21-13-15-8-4-3-5-9-15/h3-11,14H,12-13H2,1-2H3/t14-/m1/s1. The molecule has 1 atom stereocenters. The summed E-state index contributed by atoms with van der Waals surface area (Å²) in [7, 11) is 1.64. The number of hydrogen-bond donors (Lipinski definition) is 0. The maximum absolute atomic E-state index is 11.9. The van der Waals surface area contributed by atoms with Gasteiger partial charge in [0.1, 0.15) is 12.4 Å². The summed E-state index contributed by atoms with van der Waals surface area (Å²) >= 11 is 0. The minimum atomic E-state index is -0.197. The van der Waals surface area contributed by atoms with Gasteiger partial charge in [-0.1, -0.05) is 55.5 Å². The van der Waals surface area contributed by atoms with E-state index in [1.165, 1.54) is 0 Å². The highest BCUT2D eigenvalue weighted by molar-refractivity contribution is 5.70. The van der Waals surface area contributed by atoms with Crippen molar-refractivity contribution in [2.75, 3.05) is 7.11 Å². The number of rotatable bonds is 6. The molecule has 110 valence electrons. The Balaban J connectivity index is 1.90. The molecule has 2 rings (SSSR count). The molecule has 0 amide bonds. The fraction of sp³-hybridized carbons (Fsp3) is 0.278. The zero-order chi connectivity index (χ0) is 15.1. The Morgan fingerprint density at radius 3 is 2.43 bits per heavy atom. The largest absolute Gasteiger partial charge is 0.496 e. The second-order valence-corrected chi connectivity index (χ2v) is 4.99. The van der Waals surface area contributed by atoms with Gasteiger partial charge in [-0.25, -0.2) is 0 Å². The average Bonchev–Trinajstić information content (AvgIpc) is 2.53.